The molecule has 1 aliphatic carbocycles. The van der Waals surface area contributed by atoms with E-state index in [0.29, 0.717) is 12.1 Å². The van der Waals surface area contributed by atoms with E-state index in [-0.39, 0.29) is 0 Å². The Hall–Kier alpha value is -0.0800. The first kappa shape index (κ1) is 14.3. The molecule has 106 valence electrons. The molecule has 2 rings (SSSR count). The Balaban J connectivity index is 2.02. The van der Waals surface area contributed by atoms with Crippen LogP contribution in [0.15, 0.2) is 0 Å². The van der Waals surface area contributed by atoms with Crippen LogP contribution in [-0.4, -0.2) is 25.3 Å². The SMILES string of the molecule is CCNC(C1COC(C)C1)C1CCCCC1CC. The predicted molar refractivity (Wildman–Crippen MR) is 76.7 cm³/mol. The van der Waals surface area contributed by atoms with Crippen LogP contribution in [0.2, 0.25) is 0 Å². The molecule has 2 nitrogen and oxygen atoms in total. The zero-order valence-electron chi connectivity index (χ0n) is 12.5. The minimum absolute atomic E-state index is 0.472. The highest BCUT2D eigenvalue weighted by Crippen LogP contribution is 2.38. The van der Waals surface area contributed by atoms with Gasteiger partial charge in [-0.2, -0.15) is 0 Å². The van der Waals surface area contributed by atoms with Crippen molar-refractivity contribution in [1.29, 1.82) is 0 Å². The van der Waals surface area contributed by atoms with E-state index in [9.17, 15) is 0 Å². The molecular formula is C16H31NO. The van der Waals surface area contributed by atoms with E-state index in [2.05, 4.69) is 26.1 Å². The third-order valence-corrected chi connectivity index (χ3v) is 5.13. The molecule has 0 amide bonds. The number of ether oxygens (including phenoxy) is 1. The van der Waals surface area contributed by atoms with E-state index >= 15 is 0 Å². The number of nitrogens with one attached hydrogen (secondary N) is 1. The maximum absolute atomic E-state index is 5.81. The zero-order valence-corrected chi connectivity index (χ0v) is 12.5. The lowest BCUT2D eigenvalue weighted by atomic mass is 9.70. The van der Waals surface area contributed by atoms with Gasteiger partial charge in [-0.25, -0.2) is 0 Å². The molecule has 0 bridgehead atoms. The second-order valence-corrected chi connectivity index (χ2v) is 6.34. The smallest absolute Gasteiger partial charge is 0.0551 e. The van der Waals surface area contributed by atoms with Gasteiger partial charge in [-0.15, -0.1) is 0 Å². The van der Waals surface area contributed by atoms with Crippen molar-refractivity contribution in [3.8, 4) is 0 Å². The van der Waals surface area contributed by atoms with E-state index in [1.807, 2.05) is 0 Å². The Bertz CT molecular complexity index is 243. The fourth-order valence-electron chi connectivity index (χ4n) is 4.22. The molecule has 5 unspecified atom stereocenters. The first-order chi connectivity index (χ1) is 8.76. The van der Waals surface area contributed by atoms with Gasteiger partial charge in [0.15, 0.2) is 0 Å². The third-order valence-electron chi connectivity index (χ3n) is 5.13. The number of rotatable bonds is 5. The Morgan fingerprint density at radius 2 is 2.00 bits per heavy atom. The van der Waals surface area contributed by atoms with E-state index in [4.69, 9.17) is 4.74 Å². The molecular weight excluding hydrogens is 222 g/mol. The quantitative estimate of drug-likeness (QED) is 0.808. The summed E-state index contributed by atoms with van der Waals surface area (Å²) in [5.74, 6) is 2.58. The molecule has 0 aromatic heterocycles. The summed E-state index contributed by atoms with van der Waals surface area (Å²) < 4.78 is 5.81. The summed E-state index contributed by atoms with van der Waals surface area (Å²) in [5.41, 5.74) is 0. The van der Waals surface area contributed by atoms with Crippen LogP contribution in [-0.2, 0) is 4.74 Å². The highest BCUT2D eigenvalue weighted by atomic mass is 16.5. The lowest BCUT2D eigenvalue weighted by Gasteiger charge is -2.39. The van der Waals surface area contributed by atoms with Crippen LogP contribution in [0.1, 0.15) is 59.3 Å². The van der Waals surface area contributed by atoms with E-state index in [1.165, 1.54) is 38.5 Å². The molecule has 0 aromatic carbocycles. The van der Waals surface area contributed by atoms with Gasteiger partial charge in [0.1, 0.15) is 0 Å². The van der Waals surface area contributed by atoms with Gasteiger partial charge in [-0.05, 0) is 38.1 Å². The molecule has 0 spiro atoms. The van der Waals surface area contributed by atoms with Crippen molar-refractivity contribution in [3.63, 3.8) is 0 Å². The Labute approximate surface area is 113 Å². The molecule has 1 aliphatic heterocycles. The summed E-state index contributed by atoms with van der Waals surface area (Å²) in [6.07, 6.45) is 8.85. The fraction of sp³-hybridized carbons (Fsp3) is 1.00. The Kier molecular flexibility index (Phi) is 5.50. The maximum Gasteiger partial charge on any atom is 0.0551 e. The van der Waals surface area contributed by atoms with Crippen LogP contribution >= 0.6 is 0 Å². The van der Waals surface area contributed by atoms with Crippen LogP contribution in [0, 0.1) is 17.8 Å². The molecule has 1 heterocycles. The first-order valence-corrected chi connectivity index (χ1v) is 8.11. The highest BCUT2D eigenvalue weighted by molar-refractivity contribution is 4.91. The second-order valence-electron chi connectivity index (χ2n) is 6.34. The molecule has 2 aliphatic rings. The number of hydrogen-bond donors (Lipinski definition) is 1. The molecule has 0 aromatic rings. The topological polar surface area (TPSA) is 21.3 Å². The van der Waals surface area contributed by atoms with Gasteiger partial charge in [0.05, 0.1) is 12.7 Å². The lowest BCUT2D eigenvalue weighted by Crippen LogP contribution is -2.46. The van der Waals surface area contributed by atoms with Gasteiger partial charge >= 0.3 is 0 Å². The summed E-state index contributed by atoms with van der Waals surface area (Å²) in [5, 5.41) is 3.80. The lowest BCUT2D eigenvalue weighted by molar-refractivity contribution is 0.0999. The molecule has 5 atom stereocenters. The molecule has 2 heteroatoms. The summed E-state index contributed by atoms with van der Waals surface area (Å²) in [6.45, 7) is 8.92. The van der Waals surface area contributed by atoms with Crippen molar-refractivity contribution >= 4 is 0 Å². The van der Waals surface area contributed by atoms with Crippen molar-refractivity contribution < 1.29 is 4.74 Å². The van der Waals surface area contributed by atoms with E-state index < -0.39 is 0 Å². The third kappa shape index (κ3) is 3.27. The second kappa shape index (κ2) is 6.91. The fourth-order valence-corrected chi connectivity index (χ4v) is 4.22. The summed E-state index contributed by atoms with van der Waals surface area (Å²) in [6, 6.07) is 0.699. The zero-order chi connectivity index (χ0) is 13.0. The molecule has 1 N–H and O–H groups in total. The van der Waals surface area contributed by atoms with Gasteiger partial charge < -0.3 is 10.1 Å². The van der Waals surface area contributed by atoms with Gasteiger partial charge in [-0.1, -0.05) is 39.5 Å². The summed E-state index contributed by atoms with van der Waals surface area (Å²) >= 11 is 0. The highest BCUT2D eigenvalue weighted by Gasteiger charge is 2.37. The molecule has 1 saturated heterocycles. The van der Waals surface area contributed by atoms with Gasteiger partial charge in [0.2, 0.25) is 0 Å². The van der Waals surface area contributed by atoms with Crippen LogP contribution in [0.25, 0.3) is 0 Å². The molecule has 2 fully saturated rings. The van der Waals surface area contributed by atoms with Gasteiger partial charge in [0, 0.05) is 12.0 Å². The maximum atomic E-state index is 5.81. The van der Waals surface area contributed by atoms with Crippen molar-refractivity contribution in [3.05, 3.63) is 0 Å². The standard InChI is InChI=1S/C16H31NO/c1-4-13-8-6-7-9-15(13)16(17-5-2)14-10-12(3)18-11-14/h12-17H,4-11H2,1-3H3. The van der Waals surface area contributed by atoms with Crippen molar-refractivity contribution in [1.82, 2.24) is 5.32 Å². The average molecular weight is 253 g/mol. The van der Waals surface area contributed by atoms with Crippen molar-refractivity contribution in [2.24, 2.45) is 17.8 Å². The summed E-state index contributed by atoms with van der Waals surface area (Å²) in [4.78, 5) is 0. The van der Waals surface area contributed by atoms with Crippen LogP contribution in [0.4, 0.5) is 0 Å². The first-order valence-electron chi connectivity index (χ1n) is 8.11. The van der Waals surface area contributed by atoms with Crippen LogP contribution in [0.5, 0.6) is 0 Å². The predicted octanol–water partition coefficient (Wildman–Crippen LogP) is 3.61. The molecule has 0 radical (unpaired) electrons. The minimum atomic E-state index is 0.472. The van der Waals surface area contributed by atoms with Crippen molar-refractivity contribution in [2.45, 2.75) is 71.4 Å². The Morgan fingerprint density at radius 3 is 2.61 bits per heavy atom. The van der Waals surface area contributed by atoms with E-state index in [0.717, 1.165) is 30.9 Å². The van der Waals surface area contributed by atoms with Gasteiger partial charge in [-0.3, -0.25) is 0 Å². The normalized spacial score (nSPS) is 38.8. The summed E-state index contributed by atoms with van der Waals surface area (Å²) in [7, 11) is 0. The Morgan fingerprint density at radius 1 is 1.22 bits per heavy atom. The van der Waals surface area contributed by atoms with Crippen LogP contribution < -0.4 is 5.32 Å². The molecule has 18 heavy (non-hydrogen) atoms. The van der Waals surface area contributed by atoms with Crippen LogP contribution in [0.3, 0.4) is 0 Å². The number of hydrogen-bond acceptors (Lipinski definition) is 2. The monoisotopic (exact) mass is 253 g/mol. The van der Waals surface area contributed by atoms with E-state index in [1.54, 1.807) is 0 Å². The van der Waals surface area contributed by atoms with Gasteiger partial charge in [0.25, 0.3) is 0 Å². The molecule has 1 saturated carbocycles. The minimum Gasteiger partial charge on any atom is -0.378 e. The average Bonchev–Trinajstić information content (AvgIpc) is 2.82. The largest absolute Gasteiger partial charge is 0.378 e. The van der Waals surface area contributed by atoms with Crippen molar-refractivity contribution in [2.75, 3.05) is 13.2 Å².